The van der Waals surface area contributed by atoms with Crippen molar-refractivity contribution in [1.29, 1.82) is 0 Å². The number of aromatic nitrogens is 2. The lowest BCUT2D eigenvalue weighted by Crippen LogP contribution is -2.41. The monoisotopic (exact) mass is 327 g/mol. The molecule has 0 aromatic carbocycles. The smallest absolute Gasteiger partial charge is 0.243 e. The number of nitrogens with zero attached hydrogens (tertiary/aromatic N) is 2. The van der Waals surface area contributed by atoms with Gasteiger partial charge in [-0.1, -0.05) is 6.07 Å². The van der Waals surface area contributed by atoms with Crippen molar-refractivity contribution in [2.75, 3.05) is 6.54 Å². The van der Waals surface area contributed by atoms with Gasteiger partial charge < -0.3 is 5.11 Å². The van der Waals surface area contributed by atoms with Crippen LogP contribution in [0.4, 0.5) is 0 Å². The molecular formula is C13H17N3O3S2. The molecule has 6 nitrogen and oxygen atoms in total. The van der Waals surface area contributed by atoms with Crippen molar-refractivity contribution in [3.63, 3.8) is 0 Å². The lowest BCUT2D eigenvalue weighted by molar-refractivity contribution is 0.0222. The quantitative estimate of drug-likeness (QED) is 0.831. The number of thiophene rings is 1. The second-order valence-electron chi connectivity index (χ2n) is 5.35. The summed E-state index contributed by atoms with van der Waals surface area (Å²) in [5.74, 6) is 0.118. The number of hydrogen-bond acceptors (Lipinski definition) is 5. The fourth-order valence-electron chi connectivity index (χ4n) is 2.34. The van der Waals surface area contributed by atoms with Gasteiger partial charge in [0.05, 0.1) is 6.20 Å². The Labute approximate surface area is 127 Å². The van der Waals surface area contributed by atoms with Crippen molar-refractivity contribution in [2.45, 2.75) is 23.3 Å². The zero-order valence-electron chi connectivity index (χ0n) is 11.6. The summed E-state index contributed by atoms with van der Waals surface area (Å²) in [5, 5.41) is 16.6. The number of hydrogen-bond donors (Lipinski definition) is 2. The molecule has 1 saturated carbocycles. The number of rotatable bonds is 6. The summed E-state index contributed by atoms with van der Waals surface area (Å²) in [6.07, 6.45) is 4.57. The highest BCUT2D eigenvalue weighted by Gasteiger charge is 2.46. The number of aliphatic hydroxyl groups is 1. The van der Waals surface area contributed by atoms with Gasteiger partial charge in [-0.15, -0.1) is 11.3 Å². The second kappa shape index (κ2) is 5.20. The molecule has 1 aliphatic carbocycles. The molecule has 2 aromatic heterocycles. The largest absolute Gasteiger partial charge is 0.383 e. The maximum Gasteiger partial charge on any atom is 0.243 e. The minimum Gasteiger partial charge on any atom is -0.383 e. The zero-order chi connectivity index (χ0) is 15.1. The van der Waals surface area contributed by atoms with Crippen LogP contribution in [0.25, 0.3) is 0 Å². The third-order valence-electron chi connectivity index (χ3n) is 3.72. The average Bonchev–Trinajstić information content (AvgIpc) is 2.97. The highest BCUT2D eigenvalue weighted by Crippen LogP contribution is 2.46. The van der Waals surface area contributed by atoms with Gasteiger partial charge in [0.25, 0.3) is 0 Å². The molecule has 1 aliphatic rings. The SMILES string of the molecule is Cn1cc(S(=O)(=O)NC[C@](O)(c2cccs2)C2CC2)cn1. The predicted octanol–water partition coefficient (Wildman–Crippen LogP) is 1.06. The normalized spacial score (nSPS) is 18.6. The van der Waals surface area contributed by atoms with Crippen LogP contribution in [0.5, 0.6) is 0 Å². The van der Waals surface area contributed by atoms with Crippen molar-refractivity contribution in [3.8, 4) is 0 Å². The van der Waals surface area contributed by atoms with E-state index in [1.807, 2.05) is 17.5 Å². The van der Waals surface area contributed by atoms with E-state index in [2.05, 4.69) is 9.82 Å². The van der Waals surface area contributed by atoms with Crippen LogP contribution in [0.2, 0.25) is 0 Å². The highest BCUT2D eigenvalue weighted by molar-refractivity contribution is 7.89. The Balaban J connectivity index is 1.79. The van der Waals surface area contributed by atoms with Crippen LogP contribution in [0.1, 0.15) is 17.7 Å². The van der Waals surface area contributed by atoms with Gasteiger partial charge in [-0.25, -0.2) is 13.1 Å². The molecule has 0 aliphatic heterocycles. The van der Waals surface area contributed by atoms with Gasteiger partial charge in [0.15, 0.2) is 0 Å². The van der Waals surface area contributed by atoms with E-state index in [9.17, 15) is 13.5 Å². The standard InChI is InChI=1S/C13H17N3O3S2/c1-16-8-11(7-14-16)21(18,19)15-9-13(17,10-4-5-10)12-3-2-6-20-12/h2-3,6-8,10,15,17H,4-5,9H2,1H3/t13-/m1/s1. The summed E-state index contributed by atoms with van der Waals surface area (Å²) in [5.41, 5.74) is -1.12. The molecule has 21 heavy (non-hydrogen) atoms. The van der Waals surface area contributed by atoms with Gasteiger partial charge in [0.1, 0.15) is 10.5 Å². The molecule has 0 amide bonds. The van der Waals surface area contributed by atoms with Crippen molar-refractivity contribution in [1.82, 2.24) is 14.5 Å². The number of aryl methyl sites for hydroxylation is 1. The Morgan fingerprint density at radius 3 is 2.86 bits per heavy atom. The van der Waals surface area contributed by atoms with Crippen LogP contribution < -0.4 is 4.72 Å². The van der Waals surface area contributed by atoms with Gasteiger partial charge in [-0.3, -0.25) is 4.68 Å². The summed E-state index contributed by atoms with van der Waals surface area (Å²) < 4.78 is 28.4. The first kappa shape index (κ1) is 14.7. The fraction of sp³-hybridized carbons (Fsp3) is 0.462. The van der Waals surface area contributed by atoms with Gasteiger partial charge in [0, 0.05) is 24.7 Å². The maximum atomic E-state index is 12.2. The van der Waals surface area contributed by atoms with Gasteiger partial charge in [0.2, 0.25) is 10.0 Å². The minimum atomic E-state index is -3.66. The summed E-state index contributed by atoms with van der Waals surface area (Å²) in [6, 6.07) is 3.71. The summed E-state index contributed by atoms with van der Waals surface area (Å²) >= 11 is 1.45. The summed E-state index contributed by atoms with van der Waals surface area (Å²) in [6.45, 7) is -0.0184. The van der Waals surface area contributed by atoms with Crippen LogP contribution in [0.15, 0.2) is 34.8 Å². The molecule has 0 saturated heterocycles. The van der Waals surface area contributed by atoms with Crippen LogP contribution >= 0.6 is 11.3 Å². The molecule has 0 radical (unpaired) electrons. The van der Waals surface area contributed by atoms with Crippen molar-refractivity contribution in [3.05, 3.63) is 34.8 Å². The van der Waals surface area contributed by atoms with Crippen LogP contribution in [-0.4, -0.2) is 29.8 Å². The van der Waals surface area contributed by atoms with E-state index in [1.165, 1.54) is 28.4 Å². The molecule has 1 fully saturated rings. The average molecular weight is 327 g/mol. The van der Waals surface area contributed by atoms with Gasteiger partial charge >= 0.3 is 0 Å². The van der Waals surface area contributed by atoms with Crippen LogP contribution in [0.3, 0.4) is 0 Å². The van der Waals surface area contributed by atoms with Crippen molar-refractivity contribution >= 4 is 21.4 Å². The summed E-state index contributed by atoms with van der Waals surface area (Å²) in [7, 11) is -2.00. The molecule has 2 aromatic rings. The minimum absolute atomic E-state index is 0.0184. The first-order valence-corrected chi connectivity index (χ1v) is 9.03. The van der Waals surface area contributed by atoms with E-state index in [0.29, 0.717) is 0 Å². The molecule has 0 unspecified atom stereocenters. The van der Waals surface area contributed by atoms with E-state index >= 15 is 0 Å². The molecule has 2 N–H and O–H groups in total. The Morgan fingerprint density at radius 1 is 1.57 bits per heavy atom. The molecular weight excluding hydrogens is 310 g/mol. The molecule has 1 atom stereocenters. The lowest BCUT2D eigenvalue weighted by atomic mass is 9.96. The molecule has 3 rings (SSSR count). The van der Waals surface area contributed by atoms with Crippen molar-refractivity contribution in [2.24, 2.45) is 13.0 Å². The van der Waals surface area contributed by atoms with Gasteiger partial charge in [-0.05, 0) is 30.2 Å². The van der Waals surface area contributed by atoms with E-state index in [1.54, 1.807) is 7.05 Å². The Hall–Kier alpha value is -1.22. The van der Waals surface area contributed by atoms with E-state index < -0.39 is 15.6 Å². The highest BCUT2D eigenvalue weighted by atomic mass is 32.2. The zero-order valence-corrected chi connectivity index (χ0v) is 13.2. The van der Waals surface area contributed by atoms with Crippen LogP contribution in [0, 0.1) is 5.92 Å². The topological polar surface area (TPSA) is 84.2 Å². The van der Waals surface area contributed by atoms with Crippen molar-refractivity contribution < 1.29 is 13.5 Å². The molecule has 0 spiro atoms. The second-order valence-corrected chi connectivity index (χ2v) is 8.06. The van der Waals surface area contributed by atoms with E-state index in [4.69, 9.17) is 0 Å². The molecule has 2 heterocycles. The maximum absolute atomic E-state index is 12.2. The fourth-order valence-corrected chi connectivity index (χ4v) is 4.30. The number of nitrogens with one attached hydrogen (secondary N) is 1. The van der Waals surface area contributed by atoms with Gasteiger partial charge in [-0.2, -0.15) is 5.10 Å². The molecule has 0 bridgehead atoms. The molecule has 114 valence electrons. The van der Waals surface area contributed by atoms with E-state index in [0.717, 1.165) is 17.7 Å². The Kier molecular flexibility index (Phi) is 3.64. The predicted molar refractivity (Wildman–Crippen MR) is 79.3 cm³/mol. The lowest BCUT2D eigenvalue weighted by Gasteiger charge is -2.27. The first-order chi connectivity index (χ1) is 9.92. The Morgan fingerprint density at radius 2 is 2.33 bits per heavy atom. The third-order valence-corrected chi connectivity index (χ3v) is 6.12. The molecule has 8 heteroatoms. The Bertz CT molecular complexity index is 720. The summed E-state index contributed by atoms with van der Waals surface area (Å²) in [4.78, 5) is 0.910. The van der Waals surface area contributed by atoms with E-state index in [-0.39, 0.29) is 17.4 Å². The first-order valence-electron chi connectivity index (χ1n) is 6.66. The van der Waals surface area contributed by atoms with Crippen LogP contribution in [-0.2, 0) is 22.7 Å². The number of sulfonamides is 1. The third kappa shape index (κ3) is 2.89.